The number of hydrogen-bond donors (Lipinski definition) is 2. The average molecular weight is 419 g/mol. The molecule has 27 heavy (non-hydrogen) atoms. The summed E-state index contributed by atoms with van der Waals surface area (Å²) in [4.78, 5) is 24.1. The maximum Gasteiger partial charge on any atom is 0.351 e. The number of carboxylic acid groups (broad SMARTS) is 2. The van der Waals surface area contributed by atoms with Crippen molar-refractivity contribution in [2.24, 2.45) is 0 Å². The summed E-state index contributed by atoms with van der Waals surface area (Å²) in [7, 11) is 0. The quantitative estimate of drug-likeness (QED) is 0.484. The number of carbonyl (C=O) groups excluding carboxylic acids is 1. The number of nitrogens with zero attached hydrogens (tertiary/aromatic N) is 1. The smallest absolute Gasteiger partial charge is 0.351 e. The van der Waals surface area contributed by atoms with Crippen LogP contribution >= 0.6 is 23.4 Å². The van der Waals surface area contributed by atoms with E-state index >= 15 is 0 Å². The zero-order chi connectivity index (χ0) is 19.6. The molecule has 0 amide bonds. The van der Waals surface area contributed by atoms with Crippen LogP contribution in [0.1, 0.15) is 19.3 Å². The van der Waals surface area contributed by atoms with E-state index in [-0.39, 0.29) is 6.29 Å². The number of quaternary nitrogens is 1. The number of hydrogen-bond acceptors (Lipinski definition) is 7. The molecule has 0 aromatic carbocycles. The summed E-state index contributed by atoms with van der Waals surface area (Å²) in [6.45, 7) is 5.12. The summed E-state index contributed by atoms with van der Waals surface area (Å²) in [6, 6.07) is 5.84. The fraction of sp³-hybridized carbons (Fsp3) is 0.588. The molecule has 8 nitrogen and oxygen atoms in total. The van der Waals surface area contributed by atoms with E-state index in [0.29, 0.717) is 10.4 Å². The first-order chi connectivity index (χ1) is 12.9. The van der Waals surface area contributed by atoms with E-state index in [2.05, 4.69) is 4.98 Å². The van der Waals surface area contributed by atoms with E-state index in [1.807, 2.05) is 30.0 Å². The van der Waals surface area contributed by atoms with Gasteiger partial charge in [-0.05, 0) is 12.1 Å². The number of ether oxygens (including phenoxy) is 2. The fourth-order valence-electron chi connectivity index (χ4n) is 2.89. The first kappa shape index (κ1) is 21.9. The third kappa shape index (κ3) is 8.44. The van der Waals surface area contributed by atoms with Gasteiger partial charge >= 0.3 is 5.97 Å². The Kier molecular flexibility index (Phi) is 9.29. The van der Waals surface area contributed by atoms with E-state index in [1.165, 1.54) is 25.9 Å². The Morgan fingerprint density at radius 2 is 1.93 bits per heavy atom. The molecule has 2 aliphatic rings. The van der Waals surface area contributed by atoms with Crippen molar-refractivity contribution in [2.45, 2.75) is 35.8 Å². The number of halogens is 1. The largest absolute Gasteiger partial charge is 0.539 e. The molecule has 2 N–H and O–H groups in total. The van der Waals surface area contributed by atoms with Crippen LogP contribution in [0.25, 0.3) is 0 Å². The lowest BCUT2D eigenvalue weighted by molar-refractivity contribution is -0.905. The van der Waals surface area contributed by atoms with Gasteiger partial charge in [-0.1, -0.05) is 17.7 Å². The van der Waals surface area contributed by atoms with E-state index in [0.717, 1.165) is 31.2 Å². The van der Waals surface area contributed by atoms with E-state index in [4.69, 9.17) is 40.9 Å². The normalized spacial score (nSPS) is 22.7. The molecule has 0 bridgehead atoms. The van der Waals surface area contributed by atoms with Gasteiger partial charge in [0.15, 0.2) is 12.3 Å². The Morgan fingerprint density at radius 1 is 1.30 bits per heavy atom. The molecule has 0 saturated carbocycles. The van der Waals surface area contributed by atoms with Crippen LogP contribution in [-0.4, -0.2) is 66.4 Å². The molecule has 2 fully saturated rings. The van der Waals surface area contributed by atoms with Crippen molar-refractivity contribution < 1.29 is 34.2 Å². The van der Waals surface area contributed by atoms with Crippen LogP contribution < -0.4 is 10.0 Å². The number of nitrogens with one attached hydrogen (secondary N) is 1. The predicted octanol–water partition coefficient (Wildman–Crippen LogP) is -0.542. The maximum absolute atomic E-state index is 9.04. The van der Waals surface area contributed by atoms with Crippen molar-refractivity contribution in [1.29, 1.82) is 0 Å². The number of carbonyl (C=O) groups is 2. The van der Waals surface area contributed by atoms with Crippen molar-refractivity contribution >= 4 is 35.3 Å². The van der Waals surface area contributed by atoms with Crippen LogP contribution in [0.2, 0.25) is 5.15 Å². The average Bonchev–Trinajstić information content (AvgIpc) is 3.15. The van der Waals surface area contributed by atoms with Gasteiger partial charge in [0.2, 0.25) is 0 Å². The van der Waals surface area contributed by atoms with Crippen LogP contribution in [0.3, 0.4) is 0 Å². The van der Waals surface area contributed by atoms with Crippen LogP contribution in [-0.2, 0) is 19.1 Å². The van der Waals surface area contributed by atoms with Gasteiger partial charge in [-0.25, -0.2) is 9.78 Å². The number of aliphatic carboxylic acids is 2. The second-order valence-corrected chi connectivity index (χ2v) is 7.88. The highest BCUT2D eigenvalue weighted by Gasteiger charge is 2.25. The predicted molar refractivity (Wildman–Crippen MR) is 96.6 cm³/mol. The van der Waals surface area contributed by atoms with E-state index in [1.54, 1.807) is 4.90 Å². The fourth-order valence-corrected chi connectivity index (χ4v) is 4.22. The summed E-state index contributed by atoms with van der Waals surface area (Å²) >= 11 is 7.80. The molecular weight excluding hydrogens is 396 g/mol. The summed E-state index contributed by atoms with van der Waals surface area (Å²) in [5, 5.41) is 18.6. The van der Waals surface area contributed by atoms with Gasteiger partial charge in [0.05, 0.1) is 37.9 Å². The van der Waals surface area contributed by atoms with Crippen LogP contribution in [0.5, 0.6) is 0 Å². The number of pyridine rings is 1. The van der Waals surface area contributed by atoms with Gasteiger partial charge in [-0.2, -0.15) is 0 Å². The molecule has 0 aliphatic carbocycles. The Hall–Kier alpha value is -1.39. The second-order valence-electron chi connectivity index (χ2n) is 6.17. The summed E-state index contributed by atoms with van der Waals surface area (Å²) < 4.78 is 11.0. The zero-order valence-corrected chi connectivity index (χ0v) is 16.3. The maximum atomic E-state index is 9.04. The van der Waals surface area contributed by atoms with Gasteiger partial charge in [0, 0.05) is 24.5 Å². The number of likely N-dealkylation sites (tertiary alicyclic amines) is 1. The first-order valence-corrected chi connectivity index (χ1v) is 10.00. The highest BCUT2D eigenvalue weighted by atomic mass is 35.5. The molecule has 0 unspecified atom stereocenters. The molecule has 150 valence electrons. The number of thioether (sulfide) groups is 1. The number of rotatable bonds is 5. The molecule has 1 aromatic rings. The van der Waals surface area contributed by atoms with Crippen molar-refractivity contribution in [2.75, 3.05) is 32.8 Å². The minimum Gasteiger partial charge on any atom is -0.539 e. The Balaban J connectivity index is 0.000000380. The SMILES string of the molecule is Clc1cccc(SC2CC[NH+](CCC3OCCO3)CC2)n1.O=C([O-])C(=O)O. The molecule has 3 heterocycles. The van der Waals surface area contributed by atoms with E-state index < -0.39 is 11.9 Å². The minimum atomic E-state index is -2.07. The molecule has 2 saturated heterocycles. The third-order valence-corrected chi connectivity index (χ3v) is 5.70. The highest BCUT2D eigenvalue weighted by Crippen LogP contribution is 2.27. The zero-order valence-electron chi connectivity index (χ0n) is 14.8. The first-order valence-electron chi connectivity index (χ1n) is 8.74. The van der Waals surface area contributed by atoms with Crippen molar-refractivity contribution in [1.82, 2.24) is 4.98 Å². The van der Waals surface area contributed by atoms with Gasteiger partial charge in [0.25, 0.3) is 0 Å². The monoisotopic (exact) mass is 418 g/mol. The Bertz CT molecular complexity index is 609. The standard InChI is InChI=1S/C15H21ClN2O2S.C2H2O4/c16-13-2-1-3-14(17-13)21-12-4-7-18(8-5-12)9-6-15-19-10-11-20-15;3-1(4)2(5)6/h1-3,12,15H,4-11H2;(H,3,4)(H,5,6). The highest BCUT2D eigenvalue weighted by molar-refractivity contribution is 7.99. The number of carboxylic acids is 2. The third-order valence-electron chi connectivity index (χ3n) is 4.22. The van der Waals surface area contributed by atoms with Gasteiger partial charge in [-0.15, -0.1) is 11.8 Å². The van der Waals surface area contributed by atoms with Gasteiger partial charge in [0.1, 0.15) is 5.15 Å². The van der Waals surface area contributed by atoms with Gasteiger partial charge in [-0.3, -0.25) is 0 Å². The molecule has 0 atom stereocenters. The van der Waals surface area contributed by atoms with Crippen molar-refractivity contribution in [3.63, 3.8) is 0 Å². The molecule has 1 aromatic heterocycles. The molecular formula is C17H23ClN2O6S. The molecule has 3 rings (SSSR count). The Morgan fingerprint density at radius 3 is 2.48 bits per heavy atom. The minimum absolute atomic E-state index is 0.0419. The lowest BCUT2D eigenvalue weighted by Crippen LogP contribution is -3.13. The second kappa shape index (κ2) is 11.5. The lowest BCUT2D eigenvalue weighted by Gasteiger charge is -2.29. The summed E-state index contributed by atoms with van der Waals surface area (Å²) in [5.74, 6) is -4.01. The topological polar surface area (TPSA) is 113 Å². The van der Waals surface area contributed by atoms with Crippen LogP contribution in [0.15, 0.2) is 23.2 Å². The van der Waals surface area contributed by atoms with Crippen molar-refractivity contribution in [3.05, 3.63) is 23.4 Å². The number of piperidine rings is 1. The van der Waals surface area contributed by atoms with Gasteiger partial charge < -0.3 is 29.4 Å². The molecule has 0 spiro atoms. The van der Waals surface area contributed by atoms with Crippen LogP contribution in [0, 0.1) is 0 Å². The lowest BCUT2D eigenvalue weighted by atomic mass is 10.1. The molecule has 0 radical (unpaired) electrons. The van der Waals surface area contributed by atoms with E-state index in [9.17, 15) is 0 Å². The molecule has 10 heteroatoms. The molecule has 2 aliphatic heterocycles. The Labute approximate surface area is 166 Å². The summed E-state index contributed by atoms with van der Waals surface area (Å²) in [6.07, 6.45) is 3.53. The summed E-state index contributed by atoms with van der Waals surface area (Å²) in [5.41, 5.74) is 0. The van der Waals surface area contributed by atoms with Crippen LogP contribution in [0.4, 0.5) is 0 Å². The van der Waals surface area contributed by atoms with Crippen molar-refractivity contribution in [3.8, 4) is 0 Å². The number of aromatic nitrogens is 1.